The Kier molecular flexibility index (Phi) is 9.65. The van der Waals surface area contributed by atoms with Gasteiger partial charge in [0.05, 0.1) is 29.6 Å². The van der Waals surface area contributed by atoms with Crippen LogP contribution in [0, 0.1) is 17.2 Å². The van der Waals surface area contributed by atoms with E-state index in [9.17, 15) is 14.7 Å². The predicted octanol–water partition coefficient (Wildman–Crippen LogP) is 4.63. The Morgan fingerprint density at radius 1 is 1.05 bits per heavy atom. The lowest BCUT2D eigenvalue weighted by molar-refractivity contribution is -0.111. The van der Waals surface area contributed by atoms with E-state index >= 15 is 0 Å². The zero-order valence-electron chi connectivity index (χ0n) is 20.3. The van der Waals surface area contributed by atoms with Gasteiger partial charge in [0.1, 0.15) is 18.5 Å². The molecule has 0 aliphatic rings. The number of nitrogens with zero attached hydrogens (tertiary/aromatic N) is 1. The molecule has 5 N–H and O–H groups in total. The first-order valence-electron chi connectivity index (χ1n) is 11.6. The number of amides is 2. The summed E-state index contributed by atoms with van der Waals surface area (Å²) in [7, 11) is 0. The van der Waals surface area contributed by atoms with E-state index in [2.05, 4.69) is 10.6 Å². The van der Waals surface area contributed by atoms with Crippen molar-refractivity contribution in [1.29, 1.82) is 5.26 Å². The first-order valence-corrected chi connectivity index (χ1v) is 11.6. The van der Waals surface area contributed by atoms with Gasteiger partial charge < -0.3 is 25.6 Å². The third-order valence-corrected chi connectivity index (χ3v) is 5.32. The highest BCUT2D eigenvalue weighted by atomic mass is 16.6. The second-order valence-electron chi connectivity index (χ2n) is 8.04. The van der Waals surface area contributed by atoms with E-state index in [-0.39, 0.29) is 13.2 Å². The average Bonchev–Trinajstić information content (AvgIpc) is 2.91. The van der Waals surface area contributed by atoms with Gasteiger partial charge in [-0.2, -0.15) is 5.26 Å². The summed E-state index contributed by atoms with van der Waals surface area (Å²) in [4.78, 5) is 25.3. The Balaban J connectivity index is 1.80. The molecule has 9 nitrogen and oxygen atoms in total. The van der Waals surface area contributed by atoms with Crippen molar-refractivity contribution in [1.82, 2.24) is 0 Å². The molecule has 0 saturated heterocycles. The molecule has 0 aliphatic heterocycles. The molecule has 3 aromatic carbocycles. The van der Waals surface area contributed by atoms with Gasteiger partial charge in [-0.3, -0.25) is 10.1 Å². The van der Waals surface area contributed by atoms with Crippen LogP contribution >= 0.6 is 0 Å². The smallest absolute Gasteiger partial charge is 0.412 e. The second kappa shape index (κ2) is 13.3. The number of carbonyl (C=O) groups is 2. The minimum Gasteiger partial charge on any atom is -0.491 e. The SMILES string of the molecule is C[C@@H](/C=C/C(=O)Nc1ccccc1N)[C@@H](OC(=O)Nc1ccc(C#N)cc1)c1ccccc1OCCO. The number of carbonyl (C=O) groups excluding carboxylic acids is 2. The van der Waals surface area contributed by atoms with Crippen molar-refractivity contribution in [2.45, 2.75) is 13.0 Å². The number of nitrogen functional groups attached to an aromatic ring is 1. The minimum atomic E-state index is -0.834. The maximum Gasteiger partial charge on any atom is 0.412 e. The van der Waals surface area contributed by atoms with E-state index in [0.29, 0.717) is 33.9 Å². The monoisotopic (exact) mass is 500 g/mol. The van der Waals surface area contributed by atoms with Gasteiger partial charge in [-0.25, -0.2) is 4.79 Å². The fraction of sp³-hybridized carbons (Fsp3) is 0.179. The molecule has 0 aliphatic carbocycles. The summed E-state index contributed by atoms with van der Waals surface area (Å²) in [6.07, 6.45) is 1.41. The Bertz CT molecular complexity index is 1280. The van der Waals surface area contributed by atoms with Crippen LogP contribution in [0.4, 0.5) is 21.9 Å². The highest BCUT2D eigenvalue weighted by Gasteiger charge is 2.26. The molecule has 0 radical (unpaired) electrons. The molecule has 0 unspecified atom stereocenters. The van der Waals surface area contributed by atoms with E-state index in [1.165, 1.54) is 6.08 Å². The van der Waals surface area contributed by atoms with Crippen LogP contribution in [0.5, 0.6) is 5.75 Å². The number of rotatable bonds is 10. The third-order valence-electron chi connectivity index (χ3n) is 5.32. The van der Waals surface area contributed by atoms with Crippen molar-refractivity contribution in [3.8, 4) is 11.8 Å². The van der Waals surface area contributed by atoms with Crippen LogP contribution in [0.1, 0.15) is 24.2 Å². The standard InChI is InChI=1S/C28H28N4O5/c1-19(10-15-26(34)32-24-8-4-3-7-23(24)30)27(22-6-2-5-9-25(22)36-17-16-33)37-28(35)31-21-13-11-20(18-29)12-14-21/h2-15,19,27,33H,16-17,30H2,1H3,(H,31,35)(H,32,34)/b15-10+/t19-,27+/m0/s1. The maximum absolute atomic E-state index is 12.8. The van der Waals surface area contributed by atoms with Gasteiger partial charge >= 0.3 is 6.09 Å². The van der Waals surface area contributed by atoms with Gasteiger partial charge in [0.2, 0.25) is 5.91 Å². The zero-order valence-corrected chi connectivity index (χ0v) is 20.3. The lowest BCUT2D eigenvalue weighted by Gasteiger charge is -2.25. The number of hydrogen-bond donors (Lipinski definition) is 4. The number of anilines is 3. The maximum atomic E-state index is 12.8. The van der Waals surface area contributed by atoms with Gasteiger partial charge in [0, 0.05) is 17.2 Å². The number of aliphatic hydroxyl groups is 1. The van der Waals surface area contributed by atoms with E-state index < -0.39 is 24.0 Å². The quantitative estimate of drug-likeness (QED) is 0.234. The van der Waals surface area contributed by atoms with Crippen LogP contribution in [0.3, 0.4) is 0 Å². The zero-order chi connectivity index (χ0) is 26.6. The fourth-order valence-electron chi connectivity index (χ4n) is 3.47. The molecule has 2 atom stereocenters. The van der Waals surface area contributed by atoms with Crippen LogP contribution in [-0.2, 0) is 9.53 Å². The van der Waals surface area contributed by atoms with Gasteiger partial charge in [-0.1, -0.05) is 43.3 Å². The topological polar surface area (TPSA) is 147 Å². The molecule has 0 spiro atoms. The summed E-state index contributed by atoms with van der Waals surface area (Å²) in [6, 6.07) is 22.3. The first-order chi connectivity index (χ1) is 17.9. The van der Waals surface area contributed by atoms with Crippen molar-refractivity contribution in [3.05, 3.63) is 96.1 Å². The summed E-state index contributed by atoms with van der Waals surface area (Å²) in [5.74, 6) is -0.408. The Labute approximate surface area is 215 Å². The average molecular weight is 501 g/mol. The number of nitrogens with two attached hydrogens (primary N) is 1. The van der Waals surface area contributed by atoms with Gasteiger partial charge in [0.15, 0.2) is 0 Å². The predicted molar refractivity (Wildman–Crippen MR) is 141 cm³/mol. The Hall–Kier alpha value is -4.81. The molecule has 2 amide bonds. The third kappa shape index (κ3) is 7.85. The molecule has 190 valence electrons. The normalized spacial score (nSPS) is 12.2. The van der Waals surface area contributed by atoms with E-state index in [4.69, 9.17) is 20.5 Å². The number of benzene rings is 3. The lowest BCUT2D eigenvalue weighted by atomic mass is 9.95. The Morgan fingerprint density at radius 2 is 1.76 bits per heavy atom. The minimum absolute atomic E-state index is 0.0618. The van der Waals surface area contributed by atoms with E-state index in [0.717, 1.165) is 0 Å². The molecule has 9 heteroatoms. The van der Waals surface area contributed by atoms with Crippen molar-refractivity contribution in [3.63, 3.8) is 0 Å². The van der Waals surface area contributed by atoms with Crippen LogP contribution in [0.25, 0.3) is 0 Å². The summed E-state index contributed by atoms with van der Waals surface area (Å²) in [5.41, 5.74) is 8.29. The highest BCUT2D eigenvalue weighted by Crippen LogP contribution is 2.34. The van der Waals surface area contributed by atoms with Gasteiger partial charge in [0.25, 0.3) is 0 Å². The molecular formula is C28H28N4O5. The fourth-order valence-corrected chi connectivity index (χ4v) is 3.47. The van der Waals surface area contributed by atoms with Crippen LogP contribution < -0.4 is 21.1 Å². The van der Waals surface area contributed by atoms with Crippen molar-refractivity contribution < 1.29 is 24.2 Å². The van der Waals surface area contributed by atoms with Crippen LogP contribution in [-0.4, -0.2) is 30.3 Å². The molecule has 0 saturated carbocycles. The number of nitrogens with one attached hydrogen (secondary N) is 2. The lowest BCUT2D eigenvalue weighted by Crippen LogP contribution is -2.22. The number of para-hydroxylation sites is 3. The van der Waals surface area contributed by atoms with E-state index in [1.807, 2.05) is 6.07 Å². The number of hydrogen-bond acceptors (Lipinski definition) is 7. The van der Waals surface area contributed by atoms with Crippen LogP contribution in [0.2, 0.25) is 0 Å². The van der Waals surface area contributed by atoms with Crippen molar-refractivity contribution in [2.24, 2.45) is 5.92 Å². The summed E-state index contributed by atoms with van der Waals surface area (Å²) in [6.45, 7) is 1.67. The molecule has 0 bridgehead atoms. The van der Waals surface area contributed by atoms with Gasteiger partial charge in [-0.15, -0.1) is 0 Å². The first kappa shape index (κ1) is 26.8. The van der Waals surface area contributed by atoms with Crippen LogP contribution in [0.15, 0.2) is 84.9 Å². The molecular weight excluding hydrogens is 472 g/mol. The number of nitriles is 1. The van der Waals surface area contributed by atoms with Crippen molar-refractivity contribution in [2.75, 3.05) is 29.6 Å². The molecule has 0 heterocycles. The summed E-state index contributed by atoms with van der Waals surface area (Å²) >= 11 is 0. The van der Waals surface area contributed by atoms with E-state index in [1.54, 1.807) is 85.8 Å². The molecule has 0 aromatic heterocycles. The largest absolute Gasteiger partial charge is 0.491 e. The summed E-state index contributed by atoms with van der Waals surface area (Å²) in [5, 5.41) is 23.5. The number of aliphatic hydroxyl groups excluding tert-OH is 1. The van der Waals surface area contributed by atoms with Crippen molar-refractivity contribution >= 4 is 29.1 Å². The number of ether oxygens (including phenoxy) is 2. The molecule has 0 fully saturated rings. The Morgan fingerprint density at radius 3 is 2.46 bits per heavy atom. The second-order valence-corrected chi connectivity index (χ2v) is 8.04. The van der Waals surface area contributed by atoms with Gasteiger partial charge in [-0.05, 0) is 48.5 Å². The molecule has 3 rings (SSSR count). The molecule has 37 heavy (non-hydrogen) atoms. The highest BCUT2D eigenvalue weighted by molar-refractivity contribution is 6.01. The molecule has 3 aromatic rings. The summed E-state index contributed by atoms with van der Waals surface area (Å²) < 4.78 is 11.4.